The molecule has 3 heterocycles. The van der Waals surface area contributed by atoms with Crippen molar-refractivity contribution in [1.29, 1.82) is 0 Å². The first-order valence-corrected chi connectivity index (χ1v) is 9.31. The summed E-state index contributed by atoms with van der Waals surface area (Å²) in [4.78, 5) is 2.26. The maximum atomic E-state index is 13.0. The van der Waals surface area contributed by atoms with Gasteiger partial charge in [0.1, 0.15) is 10.5 Å². The Morgan fingerprint density at radius 3 is 2.57 bits per heavy atom. The van der Waals surface area contributed by atoms with Crippen LogP contribution in [0.4, 0.5) is 5.69 Å². The van der Waals surface area contributed by atoms with Gasteiger partial charge in [-0.25, -0.2) is 8.42 Å². The summed E-state index contributed by atoms with van der Waals surface area (Å²) in [7, 11) is -1.68. The van der Waals surface area contributed by atoms with Crippen molar-refractivity contribution in [2.75, 3.05) is 24.4 Å². The van der Waals surface area contributed by atoms with Gasteiger partial charge in [0.2, 0.25) is 10.0 Å². The number of fused-ring (bicyclic) bond motifs is 2. The topological polar surface area (TPSA) is 53.8 Å². The van der Waals surface area contributed by atoms with E-state index in [0.29, 0.717) is 12.8 Å². The van der Waals surface area contributed by atoms with E-state index in [1.54, 1.807) is 13.3 Å². The number of para-hydroxylation sites is 1. The number of rotatable bonds is 2. The Balaban J connectivity index is 1.63. The second-order valence-corrected chi connectivity index (χ2v) is 8.62. The van der Waals surface area contributed by atoms with Gasteiger partial charge in [0.05, 0.1) is 18.5 Å². The summed E-state index contributed by atoms with van der Waals surface area (Å²) in [5, 5.41) is 0. The summed E-state index contributed by atoms with van der Waals surface area (Å²) in [6.07, 6.45) is 2.92. The van der Waals surface area contributed by atoms with Crippen molar-refractivity contribution in [3.63, 3.8) is 0 Å². The Hall–Kier alpha value is -1.79. The van der Waals surface area contributed by atoms with Crippen molar-refractivity contribution in [1.82, 2.24) is 4.90 Å². The van der Waals surface area contributed by atoms with Gasteiger partial charge >= 0.3 is 0 Å². The molecule has 5 nitrogen and oxygen atoms in total. The Morgan fingerprint density at radius 1 is 1.13 bits per heavy atom. The molecule has 2 aromatic rings. The molecule has 23 heavy (non-hydrogen) atoms. The van der Waals surface area contributed by atoms with E-state index in [-0.39, 0.29) is 0 Å². The molecular weight excluding hydrogens is 312 g/mol. The minimum absolute atomic E-state index is 0.622. The van der Waals surface area contributed by atoms with Gasteiger partial charge in [0.25, 0.3) is 0 Å². The summed E-state index contributed by atoms with van der Waals surface area (Å²) in [6, 6.07) is 11.5. The van der Waals surface area contributed by atoms with Gasteiger partial charge in [-0.05, 0) is 36.6 Å². The quantitative estimate of drug-likeness (QED) is 0.848. The lowest BCUT2D eigenvalue weighted by Gasteiger charge is -2.38. The Morgan fingerprint density at radius 2 is 1.87 bits per heavy atom. The van der Waals surface area contributed by atoms with Crippen LogP contribution in [-0.2, 0) is 21.3 Å². The summed E-state index contributed by atoms with van der Waals surface area (Å²) in [5.74, 6) is 0.924. The standard InChI is InChI=1S/C17H20N2O3S/c1-18-16-7-3-2-6-15(16)17(23(18,20)21)8-10-19(11-9-17)13-14-5-4-12-22-14/h2-7,12H,8-11,13H2,1H3. The van der Waals surface area contributed by atoms with E-state index in [9.17, 15) is 8.42 Å². The van der Waals surface area contributed by atoms with Crippen molar-refractivity contribution in [3.8, 4) is 0 Å². The molecule has 0 aliphatic carbocycles. The first kappa shape index (κ1) is 14.8. The summed E-state index contributed by atoms with van der Waals surface area (Å²) >= 11 is 0. The Bertz CT molecular complexity index is 806. The van der Waals surface area contributed by atoms with Crippen molar-refractivity contribution in [2.24, 2.45) is 0 Å². The van der Waals surface area contributed by atoms with E-state index < -0.39 is 14.8 Å². The van der Waals surface area contributed by atoms with E-state index in [1.807, 2.05) is 36.4 Å². The van der Waals surface area contributed by atoms with E-state index in [1.165, 1.54) is 4.31 Å². The highest BCUT2D eigenvalue weighted by molar-refractivity contribution is 7.94. The fourth-order valence-corrected chi connectivity index (χ4v) is 5.98. The number of sulfonamides is 1. The monoisotopic (exact) mass is 332 g/mol. The second-order valence-electron chi connectivity index (χ2n) is 6.34. The van der Waals surface area contributed by atoms with Gasteiger partial charge in [-0.15, -0.1) is 0 Å². The average molecular weight is 332 g/mol. The summed E-state index contributed by atoms with van der Waals surface area (Å²) < 4.78 is 32.2. The highest BCUT2D eigenvalue weighted by Crippen LogP contribution is 2.51. The molecule has 6 heteroatoms. The van der Waals surface area contributed by atoms with Gasteiger partial charge in [-0.2, -0.15) is 0 Å². The van der Waals surface area contributed by atoms with Crippen LogP contribution < -0.4 is 4.31 Å². The van der Waals surface area contributed by atoms with Crippen LogP contribution in [0.2, 0.25) is 0 Å². The lowest BCUT2D eigenvalue weighted by molar-refractivity contribution is 0.177. The fourth-order valence-electron chi connectivity index (χ4n) is 3.89. The predicted octanol–water partition coefficient (Wildman–Crippen LogP) is 2.55. The molecule has 0 saturated carbocycles. The number of likely N-dealkylation sites (tertiary alicyclic amines) is 1. The minimum Gasteiger partial charge on any atom is -0.468 e. The van der Waals surface area contributed by atoms with Crippen molar-refractivity contribution >= 4 is 15.7 Å². The number of nitrogens with zero attached hydrogens (tertiary/aromatic N) is 2. The van der Waals surface area contributed by atoms with Crippen LogP contribution in [0.15, 0.2) is 47.1 Å². The number of benzene rings is 1. The average Bonchev–Trinajstić information content (AvgIpc) is 3.12. The maximum Gasteiger partial charge on any atom is 0.245 e. The van der Waals surface area contributed by atoms with Gasteiger partial charge in [0, 0.05) is 20.1 Å². The summed E-state index contributed by atoms with van der Waals surface area (Å²) in [6.45, 7) is 2.24. The SMILES string of the molecule is CN1c2ccccc2C2(CCN(Cc3ccco3)CC2)S1(=O)=O. The number of hydrogen-bond donors (Lipinski definition) is 0. The highest BCUT2D eigenvalue weighted by Gasteiger charge is 2.55. The molecule has 2 aliphatic rings. The fraction of sp³-hybridized carbons (Fsp3) is 0.412. The molecular formula is C17H20N2O3S. The van der Waals surface area contributed by atoms with E-state index >= 15 is 0 Å². The third-order valence-electron chi connectivity index (χ3n) is 5.21. The van der Waals surface area contributed by atoms with E-state index in [0.717, 1.165) is 36.6 Å². The maximum absolute atomic E-state index is 13.0. The third kappa shape index (κ3) is 2.05. The van der Waals surface area contributed by atoms with Crippen molar-refractivity contribution in [3.05, 3.63) is 54.0 Å². The van der Waals surface area contributed by atoms with Crippen LogP contribution in [0, 0.1) is 0 Å². The summed E-state index contributed by atoms with van der Waals surface area (Å²) in [5.41, 5.74) is 1.78. The van der Waals surface area contributed by atoms with Gasteiger partial charge in [0.15, 0.2) is 0 Å². The molecule has 1 aromatic heterocycles. The molecule has 0 unspecified atom stereocenters. The largest absolute Gasteiger partial charge is 0.468 e. The van der Waals surface area contributed by atoms with Crippen molar-refractivity contribution < 1.29 is 12.8 Å². The zero-order valence-electron chi connectivity index (χ0n) is 13.1. The zero-order valence-corrected chi connectivity index (χ0v) is 13.9. The second kappa shape index (κ2) is 5.11. The van der Waals surface area contributed by atoms with E-state index in [4.69, 9.17) is 4.42 Å². The zero-order chi connectivity index (χ0) is 16.1. The molecule has 1 saturated heterocycles. The van der Waals surface area contributed by atoms with E-state index in [2.05, 4.69) is 4.90 Å². The molecule has 0 radical (unpaired) electrons. The third-order valence-corrected chi connectivity index (χ3v) is 7.75. The van der Waals surface area contributed by atoms with Crippen LogP contribution >= 0.6 is 0 Å². The number of furan rings is 1. The molecule has 4 rings (SSSR count). The van der Waals surface area contributed by atoms with Crippen molar-refractivity contribution in [2.45, 2.75) is 24.1 Å². The first-order valence-electron chi connectivity index (χ1n) is 7.87. The minimum atomic E-state index is -3.35. The van der Waals surface area contributed by atoms with Gasteiger partial charge in [-0.1, -0.05) is 18.2 Å². The van der Waals surface area contributed by atoms with Gasteiger partial charge in [-0.3, -0.25) is 9.21 Å². The molecule has 0 N–H and O–H groups in total. The number of piperidine rings is 1. The molecule has 0 atom stereocenters. The number of anilines is 1. The molecule has 2 aliphatic heterocycles. The smallest absolute Gasteiger partial charge is 0.245 e. The van der Waals surface area contributed by atoms with Crippen LogP contribution in [0.5, 0.6) is 0 Å². The lowest BCUT2D eigenvalue weighted by Crippen LogP contribution is -2.47. The predicted molar refractivity (Wildman–Crippen MR) is 88.7 cm³/mol. The van der Waals surface area contributed by atoms with Gasteiger partial charge < -0.3 is 4.42 Å². The van der Waals surface area contributed by atoms with Crippen LogP contribution in [0.25, 0.3) is 0 Å². The lowest BCUT2D eigenvalue weighted by atomic mass is 9.87. The molecule has 1 aromatic carbocycles. The Kier molecular flexibility index (Phi) is 3.28. The molecule has 0 amide bonds. The van der Waals surface area contributed by atoms with Crippen LogP contribution in [0.1, 0.15) is 24.2 Å². The molecule has 0 bridgehead atoms. The molecule has 122 valence electrons. The normalized spacial score (nSPS) is 22.4. The van der Waals surface area contributed by atoms with Crippen LogP contribution in [0.3, 0.4) is 0 Å². The first-order chi connectivity index (χ1) is 11.0. The highest BCUT2D eigenvalue weighted by atomic mass is 32.2. The molecule has 1 spiro atoms. The molecule has 1 fully saturated rings. The van der Waals surface area contributed by atoms with Crippen LogP contribution in [-0.4, -0.2) is 33.5 Å². The Labute approximate surface area is 136 Å². The number of hydrogen-bond acceptors (Lipinski definition) is 4.